The van der Waals surface area contributed by atoms with Gasteiger partial charge < -0.3 is 10.2 Å². The molecule has 0 atom stereocenters. The fourth-order valence-corrected chi connectivity index (χ4v) is 2.00. The third-order valence-corrected chi connectivity index (χ3v) is 3.19. The summed E-state index contributed by atoms with van der Waals surface area (Å²) in [5.41, 5.74) is 1.16. The van der Waals surface area contributed by atoms with Crippen molar-refractivity contribution in [2.75, 3.05) is 11.9 Å². The van der Waals surface area contributed by atoms with Crippen LogP contribution < -0.4 is 5.32 Å². The van der Waals surface area contributed by atoms with Gasteiger partial charge in [0, 0.05) is 19.2 Å². The molecule has 4 nitrogen and oxygen atoms in total. The monoisotopic (exact) mass is 318 g/mol. The van der Waals surface area contributed by atoms with E-state index < -0.39 is 11.7 Å². The number of benzene rings is 2. The van der Waals surface area contributed by atoms with Gasteiger partial charge in [-0.15, -0.1) is 0 Å². The molecule has 0 saturated carbocycles. The summed E-state index contributed by atoms with van der Waals surface area (Å²) in [6.07, 6.45) is 0. The van der Waals surface area contributed by atoms with E-state index in [-0.39, 0.29) is 24.8 Å². The van der Waals surface area contributed by atoms with Crippen LogP contribution in [0.5, 0.6) is 0 Å². The average molecular weight is 318 g/mol. The van der Waals surface area contributed by atoms with Gasteiger partial charge in [0.1, 0.15) is 18.2 Å². The first-order valence-corrected chi connectivity index (χ1v) is 6.99. The van der Waals surface area contributed by atoms with Gasteiger partial charge >= 0.3 is 0 Å². The Labute approximate surface area is 132 Å². The molecule has 0 aliphatic rings. The summed E-state index contributed by atoms with van der Waals surface area (Å²) in [5, 5.41) is 2.59. The summed E-state index contributed by atoms with van der Waals surface area (Å²) in [4.78, 5) is 25.0. The lowest BCUT2D eigenvalue weighted by Crippen LogP contribution is -2.36. The summed E-state index contributed by atoms with van der Waals surface area (Å²) in [7, 11) is 0. The molecule has 0 spiro atoms. The van der Waals surface area contributed by atoms with Gasteiger partial charge in [0.05, 0.1) is 0 Å². The number of anilines is 1. The van der Waals surface area contributed by atoms with Crippen LogP contribution in [0.1, 0.15) is 12.5 Å². The van der Waals surface area contributed by atoms with Crippen molar-refractivity contribution in [1.29, 1.82) is 0 Å². The summed E-state index contributed by atoms with van der Waals surface area (Å²) in [6, 6.07) is 11.1. The lowest BCUT2D eigenvalue weighted by molar-refractivity contribution is -0.133. The van der Waals surface area contributed by atoms with Crippen LogP contribution in [0.3, 0.4) is 0 Å². The molecule has 2 rings (SSSR count). The standard InChI is InChI=1S/C17H16F2N2O2/c1-12(22)21(10-13-2-4-14(18)5-3-13)11-17(23)20-16-8-6-15(19)7-9-16/h2-9H,10-11H2,1H3,(H,20,23). The quantitative estimate of drug-likeness (QED) is 0.921. The lowest BCUT2D eigenvalue weighted by atomic mass is 10.2. The molecule has 0 heterocycles. The van der Waals surface area contributed by atoms with E-state index in [1.807, 2.05) is 0 Å². The minimum Gasteiger partial charge on any atom is -0.329 e. The van der Waals surface area contributed by atoms with Crippen LogP contribution >= 0.6 is 0 Å². The normalized spacial score (nSPS) is 10.2. The molecule has 0 aliphatic heterocycles. The molecular weight excluding hydrogens is 302 g/mol. The van der Waals surface area contributed by atoms with Crippen LogP contribution in [-0.4, -0.2) is 23.3 Å². The molecule has 120 valence electrons. The maximum Gasteiger partial charge on any atom is 0.244 e. The zero-order valence-corrected chi connectivity index (χ0v) is 12.6. The molecule has 6 heteroatoms. The van der Waals surface area contributed by atoms with Gasteiger partial charge in [-0.05, 0) is 42.0 Å². The highest BCUT2D eigenvalue weighted by Gasteiger charge is 2.14. The molecule has 2 aromatic carbocycles. The molecular formula is C17H16F2N2O2. The number of rotatable bonds is 5. The van der Waals surface area contributed by atoms with Crippen molar-refractivity contribution in [3.05, 3.63) is 65.7 Å². The highest BCUT2D eigenvalue weighted by atomic mass is 19.1. The molecule has 0 aromatic heterocycles. The van der Waals surface area contributed by atoms with Crippen LogP contribution in [0.2, 0.25) is 0 Å². The molecule has 0 fully saturated rings. The largest absolute Gasteiger partial charge is 0.329 e. The van der Waals surface area contributed by atoms with Crippen LogP contribution in [0, 0.1) is 11.6 Å². The summed E-state index contributed by atoms with van der Waals surface area (Å²) >= 11 is 0. The van der Waals surface area contributed by atoms with E-state index in [0.29, 0.717) is 5.69 Å². The summed E-state index contributed by atoms with van der Waals surface area (Å²) in [6.45, 7) is 1.41. The molecule has 0 saturated heterocycles. The van der Waals surface area contributed by atoms with E-state index in [1.54, 1.807) is 12.1 Å². The van der Waals surface area contributed by atoms with Crippen molar-refractivity contribution in [1.82, 2.24) is 4.90 Å². The van der Waals surface area contributed by atoms with E-state index in [2.05, 4.69) is 5.32 Å². The molecule has 0 bridgehead atoms. The smallest absolute Gasteiger partial charge is 0.244 e. The van der Waals surface area contributed by atoms with Gasteiger partial charge in [-0.3, -0.25) is 9.59 Å². The van der Waals surface area contributed by atoms with Crippen molar-refractivity contribution in [3.63, 3.8) is 0 Å². The van der Waals surface area contributed by atoms with Crippen molar-refractivity contribution >= 4 is 17.5 Å². The molecule has 23 heavy (non-hydrogen) atoms. The fraction of sp³-hybridized carbons (Fsp3) is 0.176. The number of nitrogens with one attached hydrogen (secondary N) is 1. The molecule has 0 aliphatic carbocycles. The average Bonchev–Trinajstić information content (AvgIpc) is 2.51. The second kappa shape index (κ2) is 7.49. The van der Waals surface area contributed by atoms with Crippen LogP contribution in [-0.2, 0) is 16.1 Å². The number of amides is 2. The van der Waals surface area contributed by atoms with E-state index in [0.717, 1.165) is 5.56 Å². The fourth-order valence-electron chi connectivity index (χ4n) is 2.00. The van der Waals surface area contributed by atoms with Gasteiger partial charge in [0.2, 0.25) is 11.8 Å². The second-order valence-electron chi connectivity index (χ2n) is 5.06. The maximum absolute atomic E-state index is 12.9. The van der Waals surface area contributed by atoms with E-state index in [4.69, 9.17) is 0 Å². The Morgan fingerprint density at radius 1 is 0.957 bits per heavy atom. The van der Waals surface area contributed by atoms with Crippen molar-refractivity contribution in [2.45, 2.75) is 13.5 Å². The number of carbonyl (C=O) groups is 2. The molecule has 2 aromatic rings. The predicted octanol–water partition coefficient (Wildman–Crippen LogP) is 2.95. The second-order valence-corrected chi connectivity index (χ2v) is 5.06. The van der Waals surface area contributed by atoms with Gasteiger partial charge in [-0.1, -0.05) is 12.1 Å². The number of halogens is 2. The lowest BCUT2D eigenvalue weighted by Gasteiger charge is -2.20. The van der Waals surface area contributed by atoms with Crippen molar-refractivity contribution < 1.29 is 18.4 Å². The minimum absolute atomic E-state index is 0.149. The zero-order valence-electron chi connectivity index (χ0n) is 12.6. The molecule has 0 unspecified atom stereocenters. The Kier molecular flexibility index (Phi) is 5.41. The Hall–Kier alpha value is -2.76. The van der Waals surface area contributed by atoms with Gasteiger partial charge in [-0.25, -0.2) is 8.78 Å². The number of carbonyl (C=O) groups excluding carboxylic acids is 2. The predicted molar refractivity (Wildman–Crippen MR) is 82.5 cm³/mol. The van der Waals surface area contributed by atoms with Crippen molar-refractivity contribution in [2.24, 2.45) is 0 Å². The van der Waals surface area contributed by atoms with Crippen molar-refractivity contribution in [3.8, 4) is 0 Å². The van der Waals surface area contributed by atoms with Crippen LogP contribution in [0.25, 0.3) is 0 Å². The molecule has 1 N–H and O–H groups in total. The molecule has 2 amide bonds. The van der Waals surface area contributed by atoms with Gasteiger partial charge in [0.15, 0.2) is 0 Å². The van der Waals surface area contributed by atoms with E-state index in [1.165, 1.54) is 48.2 Å². The highest BCUT2D eigenvalue weighted by Crippen LogP contribution is 2.10. The van der Waals surface area contributed by atoms with Gasteiger partial charge in [0.25, 0.3) is 0 Å². The maximum atomic E-state index is 12.9. The van der Waals surface area contributed by atoms with Gasteiger partial charge in [-0.2, -0.15) is 0 Å². The highest BCUT2D eigenvalue weighted by molar-refractivity contribution is 5.94. The topological polar surface area (TPSA) is 49.4 Å². The van der Waals surface area contributed by atoms with Crippen LogP contribution in [0.15, 0.2) is 48.5 Å². The Balaban J connectivity index is 1.98. The van der Waals surface area contributed by atoms with Crippen LogP contribution in [0.4, 0.5) is 14.5 Å². The first-order valence-electron chi connectivity index (χ1n) is 6.99. The Morgan fingerprint density at radius 3 is 2.00 bits per heavy atom. The zero-order chi connectivity index (χ0) is 16.8. The summed E-state index contributed by atoms with van der Waals surface area (Å²) < 4.78 is 25.7. The van der Waals surface area contributed by atoms with E-state index >= 15 is 0 Å². The first-order chi connectivity index (χ1) is 10.9. The van der Waals surface area contributed by atoms with E-state index in [9.17, 15) is 18.4 Å². The summed E-state index contributed by atoms with van der Waals surface area (Å²) in [5.74, 6) is -1.43. The Bertz CT molecular complexity index is 685. The molecule has 0 radical (unpaired) electrons. The Morgan fingerprint density at radius 2 is 1.48 bits per heavy atom. The number of hydrogen-bond donors (Lipinski definition) is 1. The first kappa shape index (κ1) is 16.6. The third-order valence-electron chi connectivity index (χ3n) is 3.19. The number of hydrogen-bond acceptors (Lipinski definition) is 2. The minimum atomic E-state index is -0.398. The number of nitrogens with zero attached hydrogens (tertiary/aromatic N) is 1. The third kappa shape index (κ3) is 5.18. The SMILES string of the molecule is CC(=O)N(CC(=O)Nc1ccc(F)cc1)Cc1ccc(F)cc1.